The molecule has 0 bridgehead atoms. The highest BCUT2D eigenvalue weighted by Gasteiger charge is 2.22. The molecule has 0 saturated heterocycles. The van der Waals surface area contributed by atoms with Gasteiger partial charge in [-0.05, 0) is 38.5 Å². The minimum Gasteiger partial charge on any atom is -0.465 e. The monoisotopic (exact) mass is 635 g/mol. The standard InChI is InChI=1S/C41H78O4/c1-5-7-9-11-13-15-17-19-21-23-25-27-29-31-33-35-39(42)44-37-41(3,4)38-45-40(43)36-34-32-30-28-26-24-22-20-18-16-14-12-10-8-6-2/h19,21H,5-18,20,22-38H2,1-4H3/b21-19-. The van der Waals surface area contributed by atoms with Crippen molar-refractivity contribution < 1.29 is 19.1 Å². The second-order valence-electron chi connectivity index (χ2n) is 14.5. The van der Waals surface area contributed by atoms with E-state index in [4.69, 9.17) is 9.47 Å². The molecule has 0 amide bonds. The molecule has 0 radical (unpaired) electrons. The fourth-order valence-electron chi connectivity index (χ4n) is 5.72. The van der Waals surface area contributed by atoms with Gasteiger partial charge in [0.05, 0.1) is 13.2 Å². The minimum atomic E-state index is -0.358. The van der Waals surface area contributed by atoms with Crippen LogP contribution in [0.4, 0.5) is 0 Å². The Morgan fingerprint density at radius 2 is 0.689 bits per heavy atom. The van der Waals surface area contributed by atoms with Crippen LogP contribution in [0.25, 0.3) is 0 Å². The number of carbonyl (C=O) groups is 2. The number of carbonyl (C=O) groups excluding carboxylic acids is 2. The Hall–Kier alpha value is -1.32. The van der Waals surface area contributed by atoms with Crippen LogP contribution in [-0.2, 0) is 19.1 Å². The molecule has 0 N–H and O–H groups in total. The van der Waals surface area contributed by atoms with E-state index in [2.05, 4.69) is 26.0 Å². The third-order valence-electron chi connectivity index (χ3n) is 8.87. The maximum absolute atomic E-state index is 12.2. The SMILES string of the molecule is CCCCCCCC/C=C\CCCCCCCC(=O)OCC(C)(C)COC(=O)CCCCCCCCCCCCCCCCC. The van der Waals surface area contributed by atoms with E-state index in [-0.39, 0.29) is 17.4 Å². The lowest BCUT2D eigenvalue weighted by Gasteiger charge is -2.23. The molecule has 266 valence electrons. The third kappa shape index (κ3) is 35.4. The Labute approximate surface area is 281 Å². The summed E-state index contributed by atoms with van der Waals surface area (Å²) < 4.78 is 11.0. The fraction of sp³-hybridized carbons (Fsp3) is 0.902. The van der Waals surface area contributed by atoms with Crippen molar-refractivity contribution in [3.05, 3.63) is 12.2 Å². The Bertz CT molecular complexity index is 668. The van der Waals surface area contributed by atoms with Crippen LogP contribution in [0.15, 0.2) is 12.2 Å². The predicted molar refractivity (Wildman–Crippen MR) is 195 cm³/mol. The van der Waals surface area contributed by atoms with E-state index < -0.39 is 0 Å². The summed E-state index contributed by atoms with van der Waals surface area (Å²) in [5.41, 5.74) is -0.358. The van der Waals surface area contributed by atoms with Crippen LogP contribution in [0.5, 0.6) is 0 Å². The summed E-state index contributed by atoms with van der Waals surface area (Å²) in [5.74, 6) is -0.262. The van der Waals surface area contributed by atoms with Gasteiger partial charge in [0, 0.05) is 18.3 Å². The van der Waals surface area contributed by atoms with Gasteiger partial charge in [0.1, 0.15) is 0 Å². The summed E-state index contributed by atoms with van der Waals surface area (Å²) in [6.45, 7) is 9.12. The first kappa shape index (κ1) is 43.7. The fourth-order valence-corrected chi connectivity index (χ4v) is 5.72. The number of allylic oxidation sites excluding steroid dienone is 2. The van der Waals surface area contributed by atoms with Gasteiger partial charge in [0.2, 0.25) is 0 Å². The van der Waals surface area contributed by atoms with E-state index in [9.17, 15) is 9.59 Å². The number of hydrogen-bond acceptors (Lipinski definition) is 4. The lowest BCUT2D eigenvalue weighted by atomic mass is 9.96. The van der Waals surface area contributed by atoms with Crippen molar-refractivity contribution >= 4 is 11.9 Å². The number of hydrogen-bond donors (Lipinski definition) is 0. The summed E-state index contributed by atoms with van der Waals surface area (Å²) >= 11 is 0. The Morgan fingerprint density at radius 3 is 1.00 bits per heavy atom. The van der Waals surface area contributed by atoms with E-state index in [1.165, 1.54) is 154 Å². The highest BCUT2D eigenvalue weighted by molar-refractivity contribution is 5.69. The molecule has 0 aliphatic carbocycles. The van der Waals surface area contributed by atoms with Gasteiger partial charge in [0.15, 0.2) is 0 Å². The number of esters is 2. The topological polar surface area (TPSA) is 52.6 Å². The molecule has 0 spiro atoms. The molecule has 0 aromatic rings. The van der Waals surface area contributed by atoms with Crippen LogP contribution >= 0.6 is 0 Å². The average Bonchev–Trinajstić information content (AvgIpc) is 3.03. The molecule has 0 fully saturated rings. The maximum Gasteiger partial charge on any atom is 0.305 e. The summed E-state index contributed by atoms with van der Waals surface area (Å²) in [5, 5.41) is 0. The number of rotatable bonds is 35. The quantitative estimate of drug-likeness (QED) is 0.0395. The van der Waals surface area contributed by atoms with Crippen LogP contribution in [0, 0.1) is 5.41 Å². The van der Waals surface area contributed by atoms with Crippen molar-refractivity contribution in [1.29, 1.82) is 0 Å². The van der Waals surface area contributed by atoms with Crippen molar-refractivity contribution in [3.8, 4) is 0 Å². The Balaban J connectivity index is 3.54. The van der Waals surface area contributed by atoms with Gasteiger partial charge in [-0.2, -0.15) is 0 Å². The van der Waals surface area contributed by atoms with Crippen LogP contribution in [-0.4, -0.2) is 25.2 Å². The molecule has 0 aliphatic heterocycles. The molecule has 0 aromatic heterocycles. The van der Waals surface area contributed by atoms with Crippen molar-refractivity contribution in [2.24, 2.45) is 5.41 Å². The zero-order chi connectivity index (χ0) is 33.1. The molecule has 0 aromatic carbocycles. The number of unbranched alkanes of at least 4 members (excludes halogenated alkanes) is 25. The first-order valence-electron chi connectivity index (χ1n) is 19.9. The van der Waals surface area contributed by atoms with Gasteiger partial charge in [-0.25, -0.2) is 0 Å². The second kappa shape index (κ2) is 34.0. The molecule has 0 atom stereocenters. The largest absolute Gasteiger partial charge is 0.465 e. The first-order valence-corrected chi connectivity index (χ1v) is 19.9. The van der Waals surface area contributed by atoms with E-state index >= 15 is 0 Å². The smallest absolute Gasteiger partial charge is 0.305 e. The van der Waals surface area contributed by atoms with Crippen LogP contribution in [0.3, 0.4) is 0 Å². The molecule has 0 saturated carbocycles. The molecule has 4 heteroatoms. The number of ether oxygens (including phenoxy) is 2. The van der Waals surface area contributed by atoms with Gasteiger partial charge < -0.3 is 9.47 Å². The van der Waals surface area contributed by atoms with E-state index in [0.29, 0.717) is 26.1 Å². The van der Waals surface area contributed by atoms with E-state index in [0.717, 1.165) is 25.7 Å². The van der Waals surface area contributed by atoms with Crippen LogP contribution < -0.4 is 0 Å². The third-order valence-corrected chi connectivity index (χ3v) is 8.87. The highest BCUT2D eigenvalue weighted by Crippen LogP contribution is 2.19. The first-order chi connectivity index (χ1) is 21.9. The van der Waals surface area contributed by atoms with E-state index in [1.807, 2.05) is 13.8 Å². The molecular formula is C41H78O4. The highest BCUT2D eigenvalue weighted by atomic mass is 16.5. The lowest BCUT2D eigenvalue weighted by molar-refractivity contribution is -0.152. The second-order valence-corrected chi connectivity index (χ2v) is 14.5. The van der Waals surface area contributed by atoms with E-state index in [1.54, 1.807) is 0 Å². The molecule has 0 heterocycles. The molecule has 0 aliphatic rings. The average molecular weight is 635 g/mol. The molecule has 45 heavy (non-hydrogen) atoms. The van der Waals surface area contributed by atoms with Gasteiger partial charge >= 0.3 is 11.9 Å². The molecule has 4 nitrogen and oxygen atoms in total. The van der Waals surface area contributed by atoms with Crippen LogP contribution in [0.1, 0.15) is 220 Å². The molecule has 0 rings (SSSR count). The van der Waals surface area contributed by atoms with Crippen molar-refractivity contribution in [3.63, 3.8) is 0 Å². The summed E-state index contributed by atoms with van der Waals surface area (Å²) in [4.78, 5) is 24.4. The predicted octanol–water partition coefficient (Wildman–Crippen LogP) is 13.4. The molecular weight excluding hydrogens is 556 g/mol. The van der Waals surface area contributed by atoms with Crippen molar-refractivity contribution in [2.45, 2.75) is 220 Å². The Kier molecular flexibility index (Phi) is 33.0. The lowest BCUT2D eigenvalue weighted by Crippen LogP contribution is -2.28. The zero-order valence-corrected chi connectivity index (χ0v) is 30.9. The van der Waals surface area contributed by atoms with Gasteiger partial charge in [-0.15, -0.1) is 0 Å². The maximum atomic E-state index is 12.2. The summed E-state index contributed by atoms with van der Waals surface area (Å²) in [6.07, 6.45) is 41.7. The molecule has 0 unspecified atom stereocenters. The van der Waals surface area contributed by atoms with Crippen molar-refractivity contribution in [1.82, 2.24) is 0 Å². The summed E-state index contributed by atoms with van der Waals surface area (Å²) in [6, 6.07) is 0. The summed E-state index contributed by atoms with van der Waals surface area (Å²) in [7, 11) is 0. The van der Waals surface area contributed by atoms with Gasteiger partial charge in [-0.3, -0.25) is 9.59 Å². The zero-order valence-electron chi connectivity index (χ0n) is 30.9. The Morgan fingerprint density at radius 1 is 0.422 bits per heavy atom. The van der Waals surface area contributed by atoms with Crippen molar-refractivity contribution in [2.75, 3.05) is 13.2 Å². The van der Waals surface area contributed by atoms with Crippen LogP contribution in [0.2, 0.25) is 0 Å². The minimum absolute atomic E-state index is 0.127. The van der Waals surface area contributed by atoms with Gasteiger partial charge in [0.25, 0.3) is 0 Å². The van der Waals surface area contributed by atoms with Gasteiger partial charge in [-0.1, -0.05) is 181 Å². The normalized spacial score (nSPS) is 11.8.